The third-order valence-electron chi connectivity index (χ3n) is 3.68. The van der Waals surface area contributed by atoms with Crippen LogP contribution in [0.2, 0.25) is 0 Å². The predicted octanol–water partition coefficient (Wildman–Crippen LogP) is 3.63. The second kappa shape index (κ2) is 9.12. The van der Waals surface area contributed by atoms with Gasteiger partial charge in [-0.25, -0.2) is 4.57 Å². The van der Waals surface area contributed by atoms with E-state index >= 15 is 0 Å². The van der Waals surface area contributed by atoms with E-state index in [-0.39, 0.29) is 4.90 Å². The zero-order valence-corrected chi connectivity index (χ0v) is 16.0. The first-order chi connectivity index (χ1) is 12.7. The van der Waals surface area contributed by atoms with E-state index in [9.17, 15) is 8.42 Å². The fourth-order valence-electron chi connectivity index (χ4n) is 2.11. The fourth-order valence-corrected chi connectivity index (χ4v) is 2.59. The SMILES string of the molecule is C[n+]1ccc(C=Cc2ccc(O)cc2)cc1.Cc1ccc(S(=O)(=O)O)cc1. The smallest absolute Gasteiger partial charge is 0.294 e. The maximum Gasteiger partial charge on any atom is 0.294 e. The van der Waals surface area contributed by atoms with Crippen molar-refractivity contribution in [1.29, 1.82) is 0 Å². The molecule has 5 nitrogen and oxygen atoms in total. The molecule has 1 heterocycles. The number of aromatic nitrogens is 1. The molecule has 0 bridgehead atoms. The lowest BCUT2D eigenvalue weighted by Crippen LogP contribution is -2.25. The average molecular weight is 384 g/mol. The van der Waals surface area contributed by atoms with Gasteiger partial charge in [-0.2, -0.15) is 8.42 Å². The number of rotatable bonds is 3. The van der Waals surface area contributed by atoms with Gasteiger partial charge in [-0.15, -0.1) is 0 Å². The Bertz CT molecular complexity index is 944. The molecule has 2 N–H and O–H groups in total. The Kier molecular flexibility index (Phi) is 6.87. The first-order valence-electron chi connectivity index (χ1n) is 8.20. The quantitative estimate of drug-likeness (QED) is 0.534. The fraction of sp³-hybridized carbons (Fsp3) is 0.0952. The van der Waals surface area contributed by atoms with E-state index in [1.165, 1.54) is 12.1 Å². The molecule has 6 heteroatoms. The summed E-state index contributed by atoms with van der Waals surface area (Å²) in [6.45, 7) is 1.84. The third-order valence-corrected chi connectivity index (χ3v) is 4.55. The molecule has 3 rings (SSSR count). The van der Waals surface area contributed by atoms with E-state index in [1.807, 2.05) is 55.2 Å². The van der Waals surface area contributed by atoms with Crippen LogP contribution in [-0.2, 0) is 17.2 Å². The number of hydrogen-bond donors (Lipinski definition) is 2. The van der Waals surface area contributed by atoms with Gasteiger partial charge in [-0.05, 0) is 42.3 Å². The predicted molar refractivity (Wildman–Crippen MR) is 106 cm³/mol. The summed E-state index contributed by atoms with van der Waals surface area (Å²) in [7, 11) is -2.03. The van der Waals surface area contributed by atoms with Crippen molar-refractivity contribution < 1.29 is 22.6 Å². The van der Waals surface area contributed by atoms with E-state index in [1.54, 1.807) is 24.3 Å². The van der Waals surface area contributed by atoms with Crippen molar-refractivity contribution in [3.63, 3.8) is 0 Å². The van der Waals surface area contributed by atoms with Crippen molar-refractivity contribution in [2.24, 2.45) is 7.05 Å². The van der Waals surface area contributed by atoms with Crippen LogP contribution in [0.1, 0.15) is 16.7 Å². The van der Waals surface area contributed by atoms with Crippen LogP contribution in [0, 0.1) is 6.92 Å². The summed E-state index contributed by atoms with van der Waals surface area (Å²) >= 11 is 0. The van der Waals surface area contributed by atoms with Gasteiger partial charge in [0.15, 0.2) is 12.4 Å². The topological polar surface area (TPSA) is 78.5 Å². The summed E-state index contributed by atoms with van der Waals surface area (Å²) < 4.78 is 31.5. The van der Waals surface area contributed by atoms with Gasteiger partial charge in [0.25, 0.3) is 10.1 Å². The van der Waals surface area contributed by atoms with Crippen LogP contribution in [0.3, 0.4) is 0 Å². The van der Waals surface area contributed by atoms with Gasteiger partial charge >= 0.3 is 0 Å². The van der Waals surface area contributed by atoms with Crippen LogP contribution >= 0.6 is 0 Å². The van der Waals surface area contributed by atoms with Crippen LogP contribution in [0.4, 0.5) is 0 Å². The van der Waals surface area contributed by atoms with Crippen LogP contribution in [-0.4, -0.2) is 18.1 Å². The normalized spacial score (nSPS) is 11.1. The second-order valence-corrected chi connectivity index (χ2v) is 7.43. The first-order valence-corrected chi connectivity index (χ1v) is 9.64. The Balaban J connectivity index is 0.000000208. The van der Waals surface area contributed by atoms with Crippen molar-refractivity contribution in [3.8, 4) is 5.75 Å². The number of pyridine rings is 1. The molecule has 2 aromatic carbocycles. The Morgan fingerprint density at radius 3 is 1.78 bits per heavy atom. The van der Waals surface area contributed by atoms with E-state index < -0.39 is 10.1 Å². The van der Waals surface area contributed by atoms with Crippen LogP contribution in [0.15, 0.2) is 78.0 Å². The van der Waals surface area contributed by atoms with Crippen LogP contribution in [0.5, 0.6) is 5.75 Å². The third kappa shape index (κ3) is 7.05. The van der Waals surface area contributed by atoms with Crippen molar-refractivity contribution in [1.82, 2.24) is 0 Å². The summed E-state index contributed by atoms with van der Waals surface area (Å²) in [5.41, 5.74) is 3.19. The maximum atomic E-state index is 10.5. The van der Waals surface area contributed by atoms with Crippen molar-refractivity contribution in [2.75, 3.05) is 0 Å². The largest absolute Gasteiger partial charge is 0.508 e. The highest BCUT2D eigenvalue weighted by molar-refractivity contribution is 7.85. The Morgan fingerprint density at radius 2 is 1.30 bits per heavy atom. The molecular formula is C21H22NO4S+. The molecule has 27 heavy (non-hydrogen) atoms. The molecule has 0 unspecified atom stereocenters. The molecule has 0 aliphatic carbocycles. The van der Waals surface area contributed by atoms with Gasteiger partial charge in [-0.1, -0.05) is 42.0 Å². The summed E-state index contributed by atoms with van der Waals surface area (Å²) in [5.74, 6) is 0.295. The Hall–Kier alpha value is -2.96. The molecule has 0 radical (unpaired) electrons. The molecule has 0 aliphatic heterocycles. The highest BCUT2D eigenvalue weighted by atomic mass is 32.2. The molecule has 1 aromatic heterocycles. The number of aryl methyl sites for hydroxylation is 2. The number of nitrogens with zero attached hydrogens (tertiary/aromatic N) is 1. The average Bonchev–Trinajstić information content (AvgIpc) is 2.63. The minimum Gasteiger partial charge on any atom is -0.508 e. The molecule has 0 aliphatic rings. The molecule has 0 spiro atoms. The number of aromatic hydroxyl groups is 1. The van der Waals surface area contributed by atoms with Crippen molar-refractivity contribution >= 4 is 22.3 Å². The van der Waals surface area contributed by atoms with E-state index in [0.29, 0.717) is 5.75 Å². The van der Waals surface area contributed by atoms with Crippen molar-refractivity contribution in [3.05, 3.63) is 89.7 Å². The molecule has 140 valence electrons. The molecule has 0 fully saturated rings. The molecule has 0 saturated carbocycles. The van der Waals surface area contributed by atoms with Gasteiger partial charge in [0.2, 0.25) is 0 Å². The second-order valence-electron chi connectivity index (χ2n) is 6.01. The number of phenolic OH excluding ortho intramolecular Hbond substituents is 1. The minimum atomic E-state index is -4.02. The molecule has 3 aromatic rings. The lowest BCUT2D eigenvalue weighted by molar-refractivity contribution is -0.671. The van der Waals surface area contributed by atoms with Gasteiger partial charge in [0.05, 0.1) is 4.90 Å². The number of hydrogen-bond acceptors (Lipinski definition) is 3. The lowest BCUT2D eigenvalue weighted by Gasteiger charge is -1.95. The maximum absolute atomic E-state index is 10.5. The van der Waals surface area contributed by atoms with E-state index in [4.69, 9.17) is 9.66 Å². The first kappa shape index (κ1) is 20.4. The molecule has 0 saturated heterocycles. The van der Waals surface area contributed by atoms with Crippen LogP contribution in [0.25, 0.3) is 12.2 Å². The summed E-state index contributed by atoms with van der Waals surface area (Å²) in [6.07, 6.45) is 8.09. The van der Waals surface area contributed by atoms with Crippen molar-refractivity contribution in [2.45, 2.75) is 11.8 Å². The van der Waals surface area contributed by atoms with Gasteiger partial charge in [0, 0.05) is 12.1 Å². The summed E-state index contributed by atoms with van der Waals surface area (Å²) in [4.78, 5) is -0.0666. The van der Waals surface area contributed by atoms with Crippen LogP contribution < -0.4 is 4.57 Å². The Labute approximate surface area is 159 Å². The summed E-state index contributed by atoms with van der Waals surface area (Å²) in [6, 6.07) is 17.2. The highest BCUT2D eigenvalue weighted by Gasteiger charge is 2.06. The monoisotopic (exact) mass is 384 g/mol. The standard InChI is InChI=1S/C14H13NO.C7H8O3S/c1-15-10-8-13(9-11-15)3-2-12-4-6-14(16)7-5-12;1-6-2-4-7(5-3-6)11(8,9)10/h2-11H,1H3;2-5H,1H3,(H,8,9,10)/p+1. The van der Waals surface area contributed by atoms with E-state index in [0.717, 1.165) is 16.7 Å². The number of phenols is 1. The number of benzene rings is 2. The molecular weight excluding hydrogens is 362 g/mol. The lowest BCUT2D eigenvalue weighted by atomic mass is 10.1. The van der Waals surface area contributed by atoms with Gasteiger partial charge < -0.3 is 5.11 Å². The summed E-state index contributed by atoms with van der Waals surface area (Å²) in [5, 5.41) is 9.15. The van der Waals surface area contributed by atoms with Gasteiger partial charge in [0.1, 0.15) is 12.8 Å². The molecule has 0 amide bonds. The molecule has 0 atom stereocenters. The van der Waals surface area contributed by atoms with E-state index in [2.05, 4.69) is 12.1 Å². The minimum absolute atomic E-state index is 0.0666. The van der Waals surface area contributed by atoms with Gasteiger partial charge in [-0.3, -0.25) is 4.55 Å². The Morgan fingerprint density at radius 1 is 0.815 bits per heavy atom. The zero-order valence-electron chi connectivity index (χ0n) is 15.1. The zero-order chi connectivity index (χ0) is 19.9. The highest BCUT2D eigenvalue weighted by Crippen LogP contribution is 2.12.